The second-order valence-electron chi connectivity index (χ2n) is 10.6. The summed E-state index contributed by atoms with van der Waals surface area (Å²) in [5.41, 5.74) is 0.309. The predicted octanol–water partition coefficient (Wildman–Crippen LogP) is 4.05. The van der Waals surface area contributed by atoms with Crippen molar-refractivity contribution in [1.82, 2.24) is 20.0 Å². The number of nitrogens with zero attached hydrogens (tertiary/aromatic N) is 3. The molecule has 1 saturated carbocycles. The highest BCUT2D eigenvalue weighted by molar-refractivity contribution is 5.99. The van der Waals surface area contributed by atoms with E-state index in [0.29, 0.717) is 38.4 Å². The molecule has 1 fully saturated rings. The third-order valence-electron chi connectivity index (χ3n) is 6.87. The number of hydrogen-bond donors (Lipinski definition) is 1. The SMILES string of the molecule is CCOCCCN1C(=O)c2cc(C(C)(C)C)nn2C[C@]1(C)C(=O)NC1CCCCCCC1. The monoisotopic (exact) mass is 446 g/mol. The minimum Gasteiger partial charge on any atom is -0.382 e. The molecule has 1 atom stereocenters. The lowest BCUT2D eigenvalue weighted by Gasteiger charge is -2.44. The summed E-state index contributed by atoms with van der Waals surface area (Å²) >= 11 is 0. The number of fused-ring (bicyclic) bond motifs is 1. The predicted molar refractivity (Wildman–Crippen MR) is 126 cm³/mol. The van der Waals surface area contributed by atoms with Crippen molar-refractivity contribution in [3.05, 3.63) is 17.5 Å². The summed E-state index contributed by atoms with van der Waals surface area (Å²) in [6.45, 7) is 12.2. The fourth-order valence-corrected chi connectivity index (χ4v) is 4.77. The van der Waals surface area contributed by atoms with Crippen LogP contribution in [0.4, 0.5) is 0 Å². The van der Waals surface area contributed by atoms with Gasteiger partial charge < -0.3 is 15.0 Å². The van der Waals surface area contributed by atoms with E-state index in [2.05, 4.69) is 26.1 Å². The Bertz CT molecular complexity index is 790. The van der Waals surface area contributed by atoms with Crippen molar-refractivity contribution in [3.63, 3.8) is 0 Å². The molecule has 0 aromatic carbocycles. The van der Waals surface area contributed by atoms with Crippen molar-refractivity contribution < 1.29 is 14.3 Å². The van der Waals surface area contributed by atoms with Crippen LogP contribution >= 0.6 is 0 Å². The van der Waals surface area contributed by atoms with Gasteiger partial charge in [0.05, 0.1) is 12.2 Å². The molecule has 32 heavy (non-hydrogen) atoms. The van der Waals surface area contributed by atoms with Crippen LogP contribution in [0.3, 0.4) is 0 Å². The van der Waals surface area contributed by atoms with Gasteiger partial charge in [-0.1, -0.05) is 52.9 Å². The van der Waals surface area contributed by atoms with E-state index in [-0.39, 0.29) is 23.3 Å². The summed E-state index contributed by atoms with van der Waals surface area (Å²) in [6, 6.07) is 2.08. The smallest absolute Gasteiger partial charge is 0.273 e. The minimum absolute atomic E-state index is 0.0636. The van der Waals surface area contributed by atoms with Gasteiger partial charge >= 0.3 is 0 Å². The number of ether oxygens (including phenoxy) is 1. The van der Waals surface area contributed by atoms with Crippen LogP contribution in [-0.2, 0) is 21.5 Å². The molecule has 0 spiro atoms. The van der Waals surface area contributed by atoms with Crippen molar-refractivity contribution in [3.8, 4) is 0 Å². The Morgan fingerprint density at radius 2 is 1.88 bits per heavy atom. The Hall–Kier alpha value is -1.89. The quantitative estimate of drug-likeness (QED) is 0.641. The Kier molecular flexibility index (Phi) is 8.01. The van der Waals surface area contributed by atoms with E-state index in [0.717, 1.165) is 31.4 Å². The van der Waals surface area contributed by atoms with E-state index in [1.165, 1.54) is 19.3 Å². The molecule has 7 heteroatoms. The van der Waals surface area contributed by atoms with Gasteiger partial charge in [0.1, 0.15) is 11.2 Å². The largest absolute Gasteiger partial charge is 0.382 e. The summed E-state index contributed by atoms with van der Waals surface area (Å²) in [4.78, 5) is 29.0. The van der Waals surface area contributed by atoms with Crippen LogP contribution in [0.5, 0.6) is 0 Å². The topological polar surface area (TPSA) is 76.5 Å². The van der Waals surface area contributed by atoms with Crippen LogP contribution in [0.15, 0.2) is 6.07 Å². The molecule has 180 valence electrons. The molecule has 2 aliphatic rings. The highest BCUT2D eigenvalue weighted by Crippen LogP contribution is 2.31. The zero-order chi connectivity index (χ0) is 23.4. The number of carbonyl (C=O) groups is 2. The Morgan fingerprint density at radius 3 is 2.50 bits per heavy atom. The van der Waals surface area contributed by atoms with Crippen LogP contribution in [0.1, 0.15) is 102 Å². The molecule has 1 aliphatic carbocycles. The molecular weight excluding hydrogens is 404 g/mol. The highest BCUT2D eigenvalue weighted by Gasteiger charge is 2.48. The maximum atomic E-state index is 13.7. The second-order valence-corrected chi connectivity index (χ2v) is 10.6. The molecule has 1 aromatic rings. The number of rotatable bonds is 7. The fraction of sp³-hybridized carbons (Fsp3) is 0.800. The Morgan fingerprint density at radius 1 is 1.22 bits per heavy atom. The maximum Gasteiger partial charge on any atom is 0.273 e. The zero-order valence-electron chi connectivity index (χ0n) is 20.7. The van der Waals surface area contributed by atoms with Crippen LogP contribution in [0, 0.1) is 0 Å². The lowest BCUT2D eigenvalue weighted by atomic mass is 9.91. The molecule has 3 rings (SSSR count). The molecule has 2 heterocycles. The molecule has 2 amide bonds. The second kappa shape index (κ2) is 10.4. The summed E-state index contributed by atoms with van der Waals surface area (Å²) in [5, 5.41) is 8.04. The molecule has 1 N–H and O–H groups in total. The van der Waals surface area contributed by atoms with Crippen LogP contribution in [-0.4, -0.2) is 57.8 Å². The molecular formula is C25H42N4O3. The van der Waals surface area contributed by atoms with Crippen molar-refractivity contribution in [2.45, 2.75) is 110 Å². The van der Waals surface area contributed by atoms with Crippen LogP contribution < -0.4 is 5.32 Å². The average molecular weight is 447 g/mol. The normalized spacial score (nSPS) is 22.9. The van der Waals surface area contributed by atoms with Gasteiger partial charge in [0.2, 0.25) is 5.91 Å². The summed E-state index contributed by atoms with van der Waals surface area (Å²) < 4.78 is 7.25. The van der Waals surface area contributed by atoms with E-state index in [9.17, 15) is 9.59 Å². The minimum atomic E-state index is -0.972. The Labute approximate surface area is 193 Å². The standard InChI is InChI=1S/C25H42N4O3/c1-6-32-16-12-15-28-22(30)20-17-21(24(2,3)4)27-29(20)18-25(28,5)23(31)26-19-13-10-8-7-9-11-14-19/h17,19H,6-16,18H2,1-5H3,(H,26,31)/t25-/m1/s1. The van der Waals surface area contributed by atoms with Crippen molar-refractivity contribution in [2.24, 2.45) is 0 Å². The van der Waals surface area contributed by atoms with E-state index in [1.54, 1.807) is 9.58 Å². The van der Waals surface area contributed by atoms with Crippen molar-refractivity contribution in [1.29, 1.82) is 0 Å². The van der Waals surface area contributed by atoms with Gasteiger partial charge in [-0.25, -0.2) is 0 Å². The molecule has 0 radical (unpaired) electrons. The van der Waals surface area contributed by atoms with Gasteiger partial charge in [0.25, 0.3) is 5.91 Å². The number of nitrogens with one attached hydrogen (secondary N) is 1. The van der Waals surface area contributed by atoms with Gasteiger partial charge in [0, 0.05) is 31.2 Å². The highest BCUT2D eigenvalue weighted by atomic mass is 16.5. The summed E-state index contributed by atoms with van der Waals surface area (Å²) in [7, 11) is 0. The number of carbonyl (C=O) groups excluding carboxylic acids is 2. The molecule has 0 saturated heterocycles. The van der Waals surface area contributed by atoms with Gasteiger partial charge in [0.15, 0.2) is 0 Å². The zero-order valence-corrected chi connectivity index (χ0v) is 20.7. The molecule has 1 aromatic heterocycles. The number of amides is 2. The van der Waals surface area contributed by atoms with Crippen LogP contribution in [0.25, 0.3) is 0 Å². The van der Waals surface area contributed by atoms with Crippen LogP contribution in [0.2, 0.25) is 0 Å². The third kappa shape index (κ3) is 5.53. The third-order valence-corrected chi connectivity index (χ3v) is 6.87. The van der Waals surface area contributed by atoms with Gasteiger partial charge in [-0.05, 0) is 39.2 Å². The van der Waals surface area contributed by atoms with Crippen molar-refractivity contribution >= 4 is 11.8 Å². The maximum absolute atomic E-state index is 13.7. The fourth-order valence-electron chi connectivity index (χ4n) is 4.77. The molecule has 7 nitrogen and oxygen atoms in total. The first kappa shape index (κ1) is 24.7. The van der Waals surface area contributed by atoms with E-state index < -0.39 is 5.54 Å². The number of hydrogen-bond acceptors (Lipinski definition) is 4. The Balaban J connectivity index is 1.85. The van der Waals surface area contributed by atoms with E-state index in [1.807, 2.05) is 19.9 Å². The molecule has 0 bridgehead atoms. The summed E-state index contributed by atoms with van der Waals surface area (Å²) in [5.74, 6) is -0.183. The lowest BCUT2D eigenvalue weighted by molar-refractivity contribution is -0.134. The van der Waals surface area contributed by atoms with Gasteiger partial charge in [-0.2, -0.15) is 5.10 Å². The number of aromatic nitrogens is 2. The molecule has 0 unspecified atom stereocenters. The van der Waals surface area contributed by atoms with Gasteiger partial charge in [-0.15, -0.1) is 0 Å². The van der Waals surface area contributed by atoms with E-state index in [4.69, 9.17) is 9.84 Å². The summed E-state index contributed by atoms with van der Waals surface area (Å²) in [6.07, 6.45) is 8.79. The first-order valence-corrected chi connectivity index (χ1v) is 12.5. The first-order valence-electron chi connectivity index (χ1n) is 12.5. The van der Waals surface area contributed by atoms with Crippen molar-refractivity contribution in [2.75, 3.05) is 19.8 Å². The molecule has 1 aliphatic heterocycles. The average Bonchev–Trinajstić information content (AvgIpc) is 3.13. The lowest BCUT2D eigenvalue weighted by Crippen LogP contribution is -2.65. The van der Waals surface area contributed by atoms with Gasteiger partial charge in [-0.3, -0.25) is 14.3 Å². The first-order chi connectivity index (χ1) is 15.2. The van der Waals surface area contributed by atoms with E-state index >= 15 is 0 Å².